The second-order valence-electron chi connectivity index (χ2n) is 6.25. The zero-order valence-corrected chi connectivity index (χ0v) is 14.7. The van der Waals surface area contributed by atoms with Gasteiger partial charge in [-0.15, -0.1) is 0 Å². The number of aryl methyl sites for hydroxylation is 1. The molecule has 0 bridgehead atoms. The standard InChI is InChI=1S/C22H20O5/c1-14-12-19(13-23)27-20(21(14)24)11-4-15-2-5-16(6-3-15)17-7-9-18(10-8-17)22(25)26/h2-3,5-10,12,23-24H,1,4,11,13H2,(H,25,26). The van der Waals surface area contributed by atoms with Gasteiger partial charge in [0.2, 0.25) is 0 Å². The van der Waals surface area contributed by atoms with E-state index >= 15 is 0 Å². The van der Waals surface area contributed by atoms with E-state index < -0.39 is 5.97 Å². The van der Waals surface area contributed by atoms with E-state index in [0.717, 1.165) is 16.7 Å². The molecule has 0 fully saturated rings. The number of ether oxygens (including phenoxy) is 1. The van der Waals surface area contributed by atoms with Gasteiger partial charge in [0.25, 0.3) is 0 Å². The Balaban J connectivity index is 1.67. The van der Waals surface area contributed by atoms with Gasteiger partial charge in [-0.2, -0.15) is 0 Å². The Morgan fingerprint density at radius 3 is 2.11 bits per heavy atom. The molecule has 0 saturated heterocycles. The van der Waals surface area contributed by atoms with Crippen molar-refractivity contribution in [2.75, 3.05) is 6.61 Å². The van der Waals surface area contributed by atoms with Crippen molar-refractivity contribution < 1.29 is 24.9 Å². The van der Waals surface area contributed by atoms with Crippen molar-refractivity contribution in [3.63, 3.8) is 0 Å². The first kappa shape index (κ1) is 18.5. The van der Waals surface area contributed by atoms with Gasteiger partial charge in [-0.05, 0) is 41.3 Å². The van der Waals surface area contributed by atoms with E-state index in [9.17, 15) is 15.0 Å². The third-order valence-electron chi connectivity index (χ3n) is 4.37. The highest BCUT2D eigenvalue weighted by Gasteiger charge is 2.17. The Morgan fingerprint density at radius 2 is 1.56 bits per heavy atom. The lowest BCUT2D eigenvalue weighted by molar-refractivity contribution is 0.0697. The summed E-state index contributed by atoms with van der Waals surface area (Å²) in [5.41, 5.74) is 3.69. The van der Waals surface area contributed by atoms with Crippen molar-refractivity contribution in [3.8, 4) is 11.1 Å². The van der Waals surface area contributed by atoms with Gasteiger partial charge in [0.15, 0.2) is 5.76 Å². The zero-order valence-electron chi connectivity index (χ0n) is 14.7. The van der Waals surface area contributed by atoms with Crippen molar-refractivity contribution in [1.29, 1.82) is 0 Å². The molecule has 0 atom stereocenters. The van der Waals surface area contributed by atoms with Gasteiger partial charge in [-0.1, -0.05) is 43.0 Å². The number of aliphatic hydroxyl groups excluding tert-OH is 2. The van der Waals surface area contributed by atoms with Crippen LogP contribution >= 0.6 is 0 Å². The molecule has 138 valence electrons. The average molecular weight is 364 g/mol. The van der Waals surface area contributed by atoms with Crippen LogP contribution in [0.2, 0.25) is 0 Å². The highest BCUT2D eigenvalue weighted by atomic mass is 16.5. The van der Waals surface area contributed by atoms with Gasteiger partial charge < -0.3 is 20.1 Å². The van der Waals surface area contributed by atoms with E-state index in [1.165, 1.54) is 6.08 Å². The van der Waals surface area contributed by atoms with Crippen molar-refractivity contribution in [2.45, 2.75) is 12.8 Å². The SMILES string of the molecule is C=C1C=C(CO)OC(CCc2ccc(-c3ccc(C(=O)O)cc3)cc2)=C1O. The number of aliphatic hydroxyl groups is 2. The average Bonchev–Trinajstić information content (AvgIpc) is 2.69. The minimum absolute atomic E-state index is 0.0161. The predicted molar refractivity (Wildman–Crippen MR) is 102 cm³/mol. The molecule has 27 heavy (non-hydrogen) atoms. The van der Waals surface area contributed by atoms with Crippen molar-refractivity contribution >= 4 is 5.97 Å². The zero-order chi connectivity index (χ0) is 19.4. The molecule has 0 amide bonds. The molecule has 2 aromatic rings. The minimum Gasteiger partial charge on any atom is -0.504 e. The van der Waals surface area contributed by atoms with Gasteiger partial charge in [0, 0.05) is 12.0 Å². The molecule has 0 radical (unpaired) electrons. The Bertz CT molecular complexity index is 918. The summed E-state index contributed by atoms with van der Waals surface area (Å²) in [6.45, 7) is 3.50. The summed E-state index contributed by atoms with van der Waals surface area (Å²) in [5, 5.41) is 28.2. The van der Waals surface area contributed by atoms with Gasteiger partial charge in [-0.25, -0.2) is 4.79 Å². The number of carboxylic acid groups (broad SMARTS) is 1. The summed E-state index contributed by atoms with van der Waals surface area (Å²) in [5.74, 6) is -0.156. The number of allylic oxidation sites excluding steroid dienone is 2. The molecule has 1 aliphatic heterocycles. The molecule has 3 rings (SSSR count). The van der Waals surface area contributed by atoms with E-state index in [-0.39, 0.29) is 17.9 Å². The maximum absolute atomic E-state index is 10.9. The van der Waals surface area contributed by atoms with Crippen LogP contribution in [0.3, 0.4) is 0 Å². The molecule has 0 aromatic heterocycles. The lowest BCUT2D eigenvalue weighted by Crippen LogP contribution is -2.08. The van der Waals surface area contributed by atoms with Crippen LogP contribution in [0.5, 0.6) is 0 Å². The lowest BCUT2D eigenvalue weighted by Gasteiger charge is -2.19. The maximum Gasteiger partial charge on any atom is 0.335 e. The second-order valence-corrected chi connectivity index (χ2v) is 6.25. The number of hydrogen-bond acceptors (Lipinski definition) is 4. The fourth-order valence-corrected chi connectivity index (χ4v) is 2.85. The predicted octanol–water partition coefficient (Wildman–Crippen LogP) is 4.22. The van der Waals surface area contributed by atoms with Gasteiger partial charge in [-0.3, -0.25) is 0 Å². The molecular formula is C22H20O5. The van der Waals surface area contributed by atoms with E-state index in [0.29, 0.717) is 29.9 Å². The van der Waals surface area contributed by atoms with Crippen LogP contribution in [-0.2, 0) is 11.2 Å². The third-order valence-corrected chi connectivity index (χ3v) is 4.37. The lowest BCUT2D eigenvalue weighted by atomic mass is 10.00. The molecule has 3 N–H and O–H groups in total. The van der Waals surface area contributed by atoms with Crippen LogP contribution in [0.4, 0.5) is 0 Å². The van der Waals surface area contributed by atoms with Gasteiger partial charge >= 0.3 is 5.97 Å². The molecular weight excluding hydrogens is 344 g/mol. The quantitative estimate of drug-likeness (QED) is 0.714. The van der Waals surface area contributed by atoms with Gasteiger partial charge in [0.05, 0.1) is 5.56 Å². The molecule has 5 nitrogen and oxygen atoms in total. The first-order chi connectivity index (χ1) is 13.0. The summed E-state index contributed by atoms with van der Waals surface area (Å²) in [4.78, 5) is 10.9. The Morgan fingerprint density at radius 1 is 0.963 bits per heavy atom. The topological polar surface area (TPSA) is 87.0 Å². The number of carboxylic acids is 1. The summed E-state index contributed by atoms with van der Waals surface area (Å²) < 4.78 is 5.50. The van der Waals surface area contributed by atoms with Crippen LogP contribution in [0.15, 0.2) is 84.0 Å². The van der Waals surface area contributed by atoms with Crippen molar-refractivity contribution in [3.05, 3.63) is 95.2 Å². The third kappa shape index (κ3) is 4.27. The minimum atomic E-state index is -0.943. The largest absolute Gasteiger partial charge is 0.504 e. The smallest absolute Gasteiger partial charge is 0.335 e. The molecule has 0 spiro atoms. The molecule has 0 aliphatic carbocycles. The van der Waals surface area contributed by atoms with Crippen LogP contribution in [0.1, 0.15) is 22.3 Å². The summed E-state index contributed by atoms with van der Waals surface area (Å²) in [6, 6.07) is 14.6. The van der Waals surface area contributed by atoms with Crippen LogP contribution in [0.25, 0.3) is 11.1 Å². The monoisotopic (exact) mass is 364 g/mol. The normalized spacial score (nSPS) is 14.0. The Labute approximate surface area is 157 Å². The molecule has 1 aliphatic rings. The number of hydrogen-bond donors (Lipinski definition) is 3. The van der Waals surface area contributed by atoms with E-state index in [1.807, 2.05) is 24.3 Å². The highest BCUT2D eigenvalue weighted by Crippen LogP contribution is 2.27. The Hall–Kier alpha value is -3.31. The molecule has 2 aromatic carbocycles. The van der Waals surface area contributed by atoms with Gasteiger partial charge in [0.1, 0.15) is 18.1 Å². The fourth-order valence-electron chi connectivity index (χ4n) is 2.85. The van der Waals surface area contributed by atoms with E-state index in [2.05, 4.69) is 6.58 Å². The Kier molecular flexibility index (Phi) is 5.43. The number of aromatic carboxylic acids is 1. The summed E-state index contributed by atoms with van der Waals surface area (Å²) in [6.07, 6.45) is 2.65. The van der Waals surface area contributed by atoms with E-state index in [4.69, 9.17) is 9.84 Å². The van der Waals surface area contributed by atoms with Crippen molar-refractivity contribution in [1.82, 2.24) is 0 Å². The van der Waals surface area contributed by atoms with E-state index in [1.54, 1.807) is 24.3 Å². The van der Waals surface area contributed by atoms with Crippen LogP contribution < -0.4 is 0 Å². The molecule has 5 heteroatoms. The van der Waals surface area contributed by atoms with Crippen LogP contribution in [0, 0.1) is 0 Å². The van der Waals surface area contributed by atoms with Crippen LogP contribution in [-0.4, -0.2) is 27.9 Å². The fraction of sp³-hybridized carbons (Fsp3) is 0.136. The number of rotatable bonds is 6. The number of benzene rings is 2. The first-order valence-corrected chi connectivity index (χ1v) is 8.51. The summed E-state index contributed by atoms with van der Waals surface area (Å²) in [7, 11) is 0. The molecule has 0 unspecified atom stereocenters. The summed E-state index contributed by atoms with van der Waals surface area (Å²) >= 11 is 0. The first-order valence-electron chi connectivity index (χ1n) is 8.51. The molecule has 0 saturated carbocycles. The molecule has 1 heterocycles. The number of carbonyl (C=O) groups is 1. The second kappa shape index (κ2) is 7.93. The maximum atomic E-state index is 10.9. The highest BCUT2D eigenvalue weighted by molar-refractivity contribution is 5.88. The van der Waals surface area contributed by atoms with Crippen molar-refractivity contribution in [2.24, 2.45) is 0 Å².